The van der Waals surface area contributed by atoms with E-state index in [1.54, 1.807) is 0 Å². The third-order valence-electron chi connectivity index (χ3n) is 15.0. The van der Waals surface area contributed by atoms with Crippen molar-refractivity contribution in [2.75, 3.05) is 13.2 Å². The normalized spacial score (nSPS) is 12.0. The summed E-state index contributed by atoms with van der Waals surface area (Å²) >= 11 is 0. The number of ether oxygens (including phenoxy) is 3. The number of carbonyl (C=O) groups excluding carboxylic acids is 3. The number of rotatable bonds is 61. The summed E-state index contributed by atoms with van der Waals surface area (Å²) in [7, 11) is 0. The molecule has 0 saturated carbocycles. The number of carbonyl (C=O) groups is 3. The fourth-order valence-corrected chi connectivity index (χ4v) is 10.1. The van der Waals surface area contributed by atoms with Crippen LogP contribution in [0.5, 0.6) is 0 Å². The van der Waals surface area contributed by atoms with Crippen LogP contribution >= 0.6 is 0 Å². The van der Waals surface area contributed by atoms with Gasteiger partial charge in [-0.1, -0.05) is 328 Å². The summed E-state index contributed by atoms with van der Waals surface area (Å²) in [5.74, 6) is -0.856. The number of esters is 3. The molecule has 0 fully saturated rings. The van der Waals surface area contributed by atoms with Crippen LogP contribution in [0.15, 0.2) is 12.2 Å². The van der Waals surface area contributed by atoms with Crippen LogP contribution in [0.4, 0.5) is 0 Å². The standard InChI is InChI=1S/C66H126O6/c1-4-7-10-13-16-19-22-23-24-25-26-27-28-29-30-31-32-33-34-35-36-37-38-39-40-41-42-43-45-47-50-53-56-59-65(68)71-62-63(61-70-64(67)58-55-52-49-46-21-18-15-12-9-6-3)72-66(69)60-57-54-51-48-44-20-17-14-11-8-5-2/h12,15,63H,4-11,13-14,16-62H2,1-3H3/b15-12-. The Morgan fingerprint density at radius 1 is 0.264 bits per heavy atom. The Morgan fingerprint density at radius 2 is 0.486 bits per heavy atom. The van der Waals surface area contributed by atoms with Gasteiger partial charge in [-0.25, -0.2) is 0 Å². The van der Waals surface area contributed by atoms with E-state index in [0.717, 1.165) is 70.6 Å². The molecule has 0 amide bonds. The van der Waals surface area contributed by atoms with Gasteiger partial charge in [0.1, 0.15) is 13.2 Å². The van der Waals surface area contributed by atoms with Crippen LogP contribution in [0, 0.1) is 0 Å². The van der Waals surface area contributed by atoms with Crippen LogP contribution < -0.4 is 0 Å². The van der Waals surface area contributed by atoms with E-state index in [1.165, 1.54) is 263 Å². The van der Waals surface area contributed by atoms with Gasteiger partial charge in [0.2, 0.25) is 0 Å². The number of hydrogen-bond donors (Lipinski definition) is 0. The van der Waals surface area contributed by atoms with Crippen molar-refractivity contribution in [2.24, 2.45) is 0 Å². The van der Waals surface area contributed by atoms with E-state index in [4.69, 9.17) is 14.2 Å². The molecule has 0 aliphatic heterocycles. The molecule has 6 nitrogen and oxygen atoms in total. The fourth-order valence-electron chi connectivity index (χ4n) is 10.1. The molecular weight excluding hydrogens is 889 g/mol. The summed E-state index contributed by atoms with van der Waals surface area (Å²) in [4.78, 5) is 38.0. The van der Waals surface area contributed by atoms with Crippen molar-refractivity contribution >= 4 is 17.9 Å². The molecule has 1 atom stereocenters. The smallest absolute Gasteiger partial charge is 0.306 e. The first-order valence-electron chi connectivity index (χ1n) is 32.7. The Hall–Kier alpha value is -1.85. The van der Waals surface area contributed by atoms with Crippen molar-refractivity contribution in [3.63, 3.8) is 0 Å². The Labute approximate surface area is 450 Å². The molecule has 426 valence electrons. The van der Waals surface area contributed by atoms with Crippen molar-refractivity contribution in [1.29, 1.82) is 0 Å². The van der Waals surface area contributed by atoms with Gasteiger partial charge in [0.05, 0.1) is 0 Å². The Balaban J connectivity index is 3.92. The molecule has 0 aromatic rings. The van der Waals surface area contributed by atoms with Gasteiger partial charge in [0, 0.05) is 19.3 Å². The van der Waals surface area contributed by atoms with E-state index in [2.05, 4.69) is 32.9 Å². The van der Waals surface area contributed by atoms with Crippen molar-refractivity contribution < 1.29 is 28.6 Å². The molecule has 0 bridgehead atoms. The van der Waals surface area contributed by atoms with Gasteiger partial charge in [-0.05, 0) is 38.5 Å². The van der Waals surface area contributed by atoms with Crippen molar-refractivity contribution in [3.8, 4) is 0 Å². The van der Waals surface area contributed by atoms with Crippen LogP contribution in [0.2, 0.25) is 0 Å². The summed E-state index contributed by atoms with van der Waals surface area (Å²) in [6.45, 7) is 6.62. The SMILES string of the molecule is CCC/C=C\CCCCCCCC(=O)OCC(COC(=O)CCCCCCCCCCCCCCCCCCCCCCCCCCCCCCCCCCC)OC(=O)CCCCCCCCCCCCC. The zero-order valence-corrected chi connectivity index (χ0v) is 49.0. The lowest BCUT2D eigenvalue weighted by Crippen LogP contribution is -2.30. The molecule has 0 spiro atoms. The zero-order chi connectivity index (χ0) is 52.2. The van der Waals surface area contributed by atoms with Crippen molar-refractivity contribution in [2.45, 2.75) is 380 Å². The van der Waals surface area contributed by atoms with Gasteiger partial charge in [-0.2, -0.15) is 0 Å². The highest BCUT2D eigenvalue weighted by Gasteiger charge is 2.19. The molecule has 0 rings (SSSR count). The van der Waals surface area contributed by atoms with E-state index in [1.807, 2.05) is 0 Å². The second-order valence-corrected chi connectivity index (χ2v) is 22.4. The van der Waals surface area contributed by atoms with Gasteiger partial charge in [-0.3, -0.25) is 14.4 Å². The molecule has 0 N–H and O–H groups in total. The molecule has 0 radical (unpaired) electrons. The lowest BCUT2D eigenvalue weighted by atomic mass is 10.0. The first kappa shape index (κ1) is 70.1. The predicted octanol–water partition coefficient (Wildman–Crippen LogP) is 22.1. The second-order valence-electron chi connectivity index (χ2n) is 22.4. The van der Waals surface area contributed by atoms with Gasteiger partial charge >= 0.3 is 17.9 Å². The Kier molecular flexibility index (Phi) is 60.1. The number of unbranched alkanes of at least 4 members (excludes halogenated alkanes) is 48. The first-order valence-corrected chi connectivity index (χ1v) is 32.7. The molecule has 0 aromatic heterocycles. The summed E-state index contributed by atoms with van der Waals surface area (Å²) in [5.41, 5.74) is 0. The van der Waals surface area contributed by atoms with E-state index in [9.17, 15) is 14.4 Å². The molecule has 6 heteroatoms. The van der Waals surface area contributed by atoms with E-state index < -0.39 is 6.10 Å². The molecule has 0 heterocycles. The number of allylic oxidation sites excluding steroid dienone is 2. The Bertz CT molecular complexity index is 1120. The fraction of sp³-hybridized carbons (Fsp3) is 0.924. The van der Waals surface area contributed by atoms with Crippen molar-refractivity contribution in [3.05, 3.63) is 12.2 Å². The highest BCUT2D eigenvalue weighted by Crippen LogP contribution is 2.19. The average Bonchev–Trinajstić information content (AvgIpc) is 3.38. The Morgan fingerprint density at radius 3 is 0.750 bits per heavy atom. The van der Waals surface area contributed by atoms with Crippen LogP contribution in [0.1, 0.15) is 374 Å². The highest BCUT2D eigenvalue weighted by molar-refractivity contribution is 5.71. The minimum absolute atomic E-state index is 0.0670. The second kappa shape index (κ2) is 61.7. The molecule has 1 unspecified atom stereocenters. The first-order chi connectivity index (χ1) is 35.5. The molecule has 0 aliphatic carbocycles. The highest BCUT2D eigenvalue weighted by atomic mass is 16.6. The van der Waals surface area contributed by atoms with E-state index in [0.29, 0.717) is 19.3 Å². The van der Waals surface area contributed by atoms with Gasteiger partial charge in [0.15, 0.2) is 6.10 Å². The third kappa shape index (κ3) is 59.0. The van der Waals surface area contributed by atoms with E-state index >= 15 is 0 Å². The maximum Gasteiger partial charge on any atom is 0.306 e. The molecular formula is C66H126O6. The maximum atomic E-state index is 12.8. The molecule has 0 aromatic carbocycles. The molecule has 72 heavy (non-hydrogen) atoms. The van der Waals surface area contributed by atoms with Crippen molar-refractivity contribution in [1.82, 2.24) is 0 Å². The topological polar surface area (TPSA) is 78.9 Å². The summed E-state index contributed by atoms with van der Waals surface area (Å²) in [6, 6.07) is 0. The van der Waals surface area contributed by atoms with Crippen LogP contribution in [-0.4, -0.2) is 37.2 Å². The molecule has 0 saturated heterocycles. The minimum Gasteiger partial charge on any atom is -0.462 e. The largest absolute Gasteiger partial charge is 0.462 e. The van der Waals surface area contributed by atoms with Gasteiger partial charge < -0.3 is 14.2 Å². The quantitative estimate of drug-likeness (QED) is 0.0261. The summed E-state index contributed by atoms with van der Waals surface area (Å²) in [5, 5.41) is 0. The monoisotopic (exact) mass is 1010 g/mol. The van der Waals surface area contributed by atoms with Crippen LogP contribution in [0.3, 0.4) is 0 Å². The van der Waals surface area contributed by atoms with E-state index in [-0.39, 0.29) is 31.1 Å². The van der Waals surface area contributed by atoms with Crippen LogP contribution in [0.25, 0.3) is 0 Å². The zero-order valence-electron chi connectivity index (χ0n) is 49.0. The van der Waals surface area contributed by atoms with Crippen LogP contribution in [-0.2, 0) is 28.6 Å². The third-order valence-corrected chi connectivity index (χ3v) is 15.0. The number of hydrogen-bond acceptors (Lipinski definition) is 6. The van der Waals surface area contributed by atoms with Gasteiger partial charge in [0.25, 0.3) is 0 Å². The van der Waals surface area contributed by atoms with Gasteiger partial charge in [-0.15, -0.1) is 0 Å². The predicted molar refractivity (Wildman–Crippen MR) is 312 cm³/mol. The summed E-state index contributed by atoms with van der Waals surface area (Å²) in [6.07, 6.45) is 72.7. The lowest BCUT2D eigenvalue weighted by Gasteiger charge is -2.18. The molecule has 0 aliphatic rings. The minimum atomic E-state index is -0.767. The average molecular weight is 1020 g/mol. The maximum absolute atomic E-state index is 12.8. The lowest BCUT2D eigenvalue weighted by molar-refractivity contribution is -0.167. The summed E-state index contributed by atoms with van der Waals surface area (Å²) < 4.78 is 16.8.